The zero-order chi connectivity index (χ0) is 20.5. The Balaban J connectivity index is 1.77. The summed E-state index contributed by atoms with van der Waals surface area (Å²) >= 11 is 0. The van der Waals surface area contributed by atoms with Gasteiger partial charge >= 0.3 is 0 Å². The van der Waals surface area contributed by atoms with Crippen LogP contribution in [0.3, 0.4) is 0 Å². The number of aryl methyl sites for hydroxylation is 2. The lowest BCUT2D eigenvalue weighted by molar-refractivity contribution is -0.133. The van der Waals surface area contributed by atoms with E-state index >= 15 is 0 Å². The molecular formula is C22H36N4O2. The highest BCUT2D eigenvalue weighted by Gasteiger charge is 2.22. The molecule has 1 saturated heterocycles. The van der Waals surface area contributed by atoms with E-state index in [1.54, 1.807) is 0 Å². The van der Waals surface area contributed by atoms with Gasteiger partial charge in [0.2, 0.25) is 11.8 Å². The monoisotopic (exact) mass is 388 g/mol. The maximum Gasteiger partial charge on any atom is 0.238 e. The number of piperazine rings is 1. The summed E-state index contributed by atoms with van der Waals surface area (Å²) in [6.07, 6.45) is 1.99. The molecule has 0 unspecified atom stereocenters. The molecule has 0 spiro atoms. The molecule has 1 N–H and O–H groups in total. The van der Waals surface area contributed by atoms with E-state index in [2.05, 4.69) is 29.0 Å². The summed E-state index contributed by atoms with van der Waals surface area (Å²) in [5, 5.41) is 3.06. The highest BCUT2D eigenvalue weighted by atomic mass is 16.2. The molecule has 1 fully saturated rings. The number of amides is 2. The van der Waals surface area contributed by atoms with Crippen LogP contribution in [0.15, 0.2) is 18.2 Å². The minimum Gasteiger partial charge on any atom is -0.342 e. The summed E-state index contributed by atoms with van der Waals surface area (Å²) in [6, 6.07) is 6.03. The van der Waals surface area contributed by atoms with Gasteiger partial charge in [0, 0.05) is 45.0 Å². The van der Waals surface area contributed by atoms with Crippen molar-refractivity contribution in [2.75, 3.05) is 57.7 Å². The van der Waals surface area contributed by atoms with Gasteiger partial charge in [0.15, 0.2) is 0 Å². The molecule has 1 aromatic rings. The highest BCUT2D eigenvalue weighted by molar-refractivity contribution is 5.93. The zero-order valence-corrected chi connectivity index (χ0v) is 18.0. The lowest BCUT2D eigenvalue weighted by Crippen LogP contribution is -2.51. The van der Waals surface area contributed by atoms with Gasteiger partial charge in [-0.15, -0.1) is 0 Å². The number of nitrogens with one attached hydrogen (secondary N) is 1. The normalized spacial score (nSPS) is 15.4. The molecule has 1 aliphatic rings. The van der Waals surface area contributed by atoms with Crippen molar-refractivity contribution in [3.8, 4) is 0 Å². The van der Waals surface area contributed by atoms with Crippen LogP contribution in [0.25, 0.3) is 0 Å². The topological polar surface area (TPSA) is 55.9 Å². The SMILES string of the molecule is CCCN(CCC)C(=O)CN1CCN(CC(=O)Nc2c(C)cccc2C)CC1. The second-order valence-electron chi connectivity index (χ2n) is 7.75. The van der Waals surface area contributed by atoms with Gasteiger partial charge in [-0.3, -0.25) is 19.4 Å². The van der Waals surface area contributed by atoms with Crippen LogP contribution in [0.2, 0.25) is 0 Å². The van der Waals surface area contributed by atoms with Crippen molar-refractivity contribution in [2.24, 2.45) is 0 Å². The Morgan fingerprint density at radius 1 is 0.929 bits per heavy atom. The molecule has 1 aromatic carbocycles. The summed E-state index contributed by atoms with van der Waals surface area (Å²) in [5.74, 6) is 0.254. The van der Waals surface area contributed by atoms with Crippen molar-refractivity contribution in [2.45, 2.75) is 40.5 Å². The van der Waals surface area contributed by atoms with Crippen molar-refractivity contribution in [3.05, 3.63) is 29.3 Å². The molecule has 1 aliphatic heterocycles. The second-order valence-corrected chi connectivity index (χ2v) is 7.75. The zero-order valence-electron chi connectivity index (χ0n) is 18.0. The number of anilines is 1. The molecule has 1 heterocycles. The van der Waals surface area contributed by atoms with Crippen LogP contribution in [0.5, 0.6) is 0 Å². The molecule has 0 atom stereocenters. The van der Waals surface area contributed by atoms with Crippen molar-refractivity contribution in [3.63, 3.8) is 0 Å². The number of hydrogen-bond acceptors (Lipinski definition) is 4. The van der Waals surface area contributed by atoms with Crippen LogP contribution in [-0.4, -0.2) is 78.9 Å². The van der Waals surface area contributed by atoms with E-state index in [0.717, 1.165) is 68.9 Å². The molecule has 28 heavy (non-hydrogen) atoms. The van der Waals surface area contributed by atoms with Crippen LogP contribution in [-0.2, 0) is 9.59 Å². The van der Waals surface area contributed by atoms with Gasteiger partial charge in [0.05, 0.1) is 13.1 Å². The van der Waals surface area contributed by atoms with E-state index < -0.39 is 0 Å². The Labute approximate surface area is 169 Å². The number of carbonyl (C=O) groups is 2. The number of para-hydroxylation sites is 1. The fourth-order valence-electron chi connectivity index (χ4n) is 3.69. The predicted molar refractivity (Wildman–Crippen MR) is 115 cm³/mol. The van der Waals surface area contributed by atoms with Crippen molar-refractivity contribution < 1.29 is 9.59 Å². The first kappa shape index (κ1) is 22.4. The van der Waals surface area contributed by atoms with E-state index in [0.29, 0.717) is 13.1 Å². The van der Waals surface area contributed by atoms with Crippen molar-refractivity contribution in [1.29, 1.82) is 0 Å². The van der Waals surface area contributed by atoms with Crippen LogP contribution >= 0.6 is 0 Å². The average Bonchev–Trinajstić information content (AvgIpc) is 2.66. The third-order valence-corrected chi connectivity index (χ3v) is 5.28. The van der Waals surface area contributed by atoms with E-state index in [9.17, 15) is 9.59 Å². The molecule has 6 heteroatoms. The molecule has 6 nitrogen and oxygen atoms in total. The Hall–Kier alpha value is -1.92. The molecule has 0 bridgehead atoms. The summed E-state index contributed by atoms with van der Waals surface area (Å²) in [6.45, 7) is 14.1. The quantitative estimate of drug-likeness (QED) is 0.706. The molecule has 0 saturated carbocycles. The third kappa shape index (κ3) is 6.60. The maximum absolute atomic E-state index is 12.5. The van der Waals surface area contributed by atoms with E-state index in [-0.39, 0.29) is 11.8 Å². The fraction of sp³-hybridized carbons (Fsp3) is 0.636. The molecular weight excluding hydrogens is 352 g/mol. The number of carbonyl (C=O) groups excluding carboxylic acids is 2. The minimum atomic E-state index is 0.0268. The second kappa shape index (κ2) is 11.2. The molecule has 2 rings (SSSR count). The van der Waals surface area contributed by atoms with Gasteiger partial charge in [-0.05, 0) is 37.8 Å². The first-order valence-electron chi connectivity index (χ1n) is 10.5. The minimum absolute atomic E-state index is 0.0268. The standard InChI is InChI=1S/C22H36N4O2/c1-5-10-26(11-6-2)21(28)17-25-14-12-24(13-15-25)16-20(27)23-22-18(3)8-7-9-19(22)4/h7-9H,5-6,10-17H2,1-4H3,(H,23,27). The highest BCUT2D eigenvalue weighted by Crippen LogP contribution is 2.19. The van der Waals surface area contributed by atoms with Gasteiger partial charge in [-0.25, -0.2) is 0 Å². The first-order chi connectivity index (χ1) is 13.4. The Morgan fingerprint density at radius 2 is 1.43 bits per heavy atom. The van der Waals surface area contributed by atoms with E-state index in [1.165, 1.54) is 0 Å². The van der Waals surface area contributed by atoms with Crippen LogP contribution < -0.4 is 5.32 Å². The largest absolute Gasteiger partial charge is 0.342 e. The first-order valence-corrected chi connectivity index (χ1v) is 10.5. The maximum atomic E-state index is 12.5. The van der Waals surface area contributed by atoms with E-state index in [1.807, 2.05) is 36.9 Å². The van der Waals surface area contributed by atoms with Crippen LogP contribution in [0.4, 0.5) is 5.69 Å². The smallest absolute Gasteiger partial charge is 0.238 e. The molecule has 0 aromatic heterocycles. The van der Waals surface area contributed by atoms with Gasteiger partial charge in [-0.1, -0.05) is 32.0 Å². The number of nitrogens with zero attached hydrogens (tertiary/aromatic N) is 3. The summed E-state index contributed by atoms with van der Waals surface area (Å²) in [5.41, 5.74) is 3.09. The third-order valence-electron chi connectivity index (χ3n) is 5.28. The molecule has 0 radical (unpaired) electrons. The number of rotatable bonds is 9. The number of hydrogen-bond donors (Lipinski definition) is 1. The van der Waals surface area contributed by atoms with E-state index in [4.69, 9.17) is 0 Å². The van der Waals surface area contributed by atoms with Gasteiger partial charge in [-0.2, -0.15) is 0 Å². The van der Waals surface area contributed by atoms with Gasteiger partial charge in [0.1, 0.15) is 0 Å². The van der Waals surface area contributed by atoms with Gasteiger partial charge in [0.25, 0.3) is 0 Å². The predicted octanol–water partition coefficient (Wildman–Crippen LogP) is 2.51. The van der Waals surface area contributed by atoms with Crippen molar-refractivity contribution in [1.82, 2.24) is 14.7 Å². The Kier molecular flexibility index (Phi) is 8.93. The summed E-state index contributed by atoms with van der Waals surface area (Å²) in [4.78, 5) is 31.3. The van der Waals surface area contributed by atoms with Crippen LogP contribution in [0, 0.1) is 13.8 Å². The Morgan fingerprint density at radius 3 is 1.93 bits per heavy atom. The lowest BCUT2D eigenvalue weighted by Gasteiger charge is -2.35. The van der Waals surface area contributed by atoms with Crippen molar-refractivity contribution >= 4 is 17.5 Å². The lowest BCUT2D eigenvalue weighted by atomic mass is 10.1. The van der Waals surface area contributed by atoms with Gasteiger partial charge < -0.3 is 10.2 Å². The summed E-state index contributed by atoms with van der Waals surface area (Å²) < 4.78 is 0. The fourth-order valence-corrected chi connectivity index (χ4v) is 3.69. The molecule has 156 valence electrons. The van der Waals surface area contributed by atoms with Crippen LogP contribution in [0.1, 0.15) is 37.8 Å². The Bertz CT molecular complexity index is 628. The average molecular weight is 389 g/mol. The summed E-state index contributed by atoms with van der Waals surface area (Å²) in [7, 11) is 0. The molecule has 2 amide bonds. The molecule has 0 aliphatic carbocycles. The number of benzene rings is 1.